The van der Waals surface area contributed by atoms with Crippen LogP contribution in [0, 0.1) is 0 Å². The monoisotopic (exact) mass is 365 g/mol. The molecule has 26 heavy (non-hydrogen) atoms. The number of rotatable bonds is 18. The van der Waals surface area contributed by atoms with Crippen molar-refractivity contribution in [1.29, 1.82) is 0 Å². The van der Waals surface area contributed by atoms with E-state index in [2.05, 4.69) is 24.4 Å². The van der Waals surface area contributed by atoms with Gasteiger partial charge in [0.1, 0.15) is 0 Å². The summed E-state index contributed by atoms with van der Waals surface area (Å²) in [6.07, 6.45) is 24.9. The molecule has 1 amide bonds. The minimum Gasteiger partial charge on any atom is -0.395 e. The summed E-state index contributed by atoms with van der Waals surface area (Å²) in [4.78, 5) is 11.6. The van der Waals surface area contributed by atoms with Crippen LogP contribution >= 0.6 is 0 Å². The summed E-state index contributed by atoms with van der Waals surface area (Å²) >= 11 is 0. The van der Waals surface area contributed by atoms with E-state index < -0.39 is 0 Å². The minimum atomic E-state index is -0.0796. The van der Waals surface area contributed by atoms with E-state index in [1.165, 1.54) is 77.0 Å². The molecule has 0 fully saturated rings. The number of allylic oxidation sites excluding steroid dienone is 3. The third kappa shape index (κ3) is 17.7. The second-order valence-electron chi connectivity index (χ2n) is 7.24. The molecule has 0 spiro atoms. The van der Waals surface area contributed by atoms with Gasteiger partial charge in [0.05, 0.1) is 6.61 Å². The van der Waals surface area contributed by atoms with Crippen molar-refractivity contribution < 1.29 is 9.90 Å². The van der Waals surface area contributed by atoms with Crippen LogP contribution in [0.5, 0.6) is 0 Å². The molecule has 0 aliphatic heterocycles. The molecule has 0 aromatic rings. The Balaban J connectivity index is 3.37. The van der Waals surface area contributed by atoms with Gasteiger partial charge in [-0.15, -0.1) is 0 Å². The first-order valence-electron chi connectivity index (χ1n) is 10.9. The van der Waals surface area contributed by atoms with E-state index in [0.717, 1.165) is 18.4 Å². The first-order valence-corrected chi connectivity index (χ1v) is 10.9. The number of carbonyl (C=O) groups is 1. The van der Waals surface area contributed by atoms with E-state index in [1.54, 1.807) is 0 Å². The molecular formula is C23H43NO2. The molecule has 3 nitrogen and oxygen atoms in total. The van der Waals surface area contributed by atoms with Crippen LogP contribution in [-0.2, 0) is 4.79 Å². The van der Waals surface area contributed by atoms with Crippen LogP contribution in [-0.4, -0.2) is 24.2 Å². The van der Waals surface area contributed by atoms with Crippen molar-refractivity contribution in [3.05, 3.63) is 23.8 Å². The zero-order valence-electron chi connectivity index (χ0n) is 17.4. The fourth-order valence-corrected chi connectivity index (χ4v) is 2.96. The second-order valence-corrected chi connectivity index (χ2v) is 7.24. The first kappa shape index (κ1) is 24.9. The van der Waals surface area contributed by atoms with Gasteiger partial charge in [0.2, 0.25) is 5.91 Å². The SMILES string of the molecule is CCCCCCCCCCCCC/C=C/CC/C=C(\C)C(=O)NCCO. The molecule has 0 atom stereocenters. The quantitative estimate of drug-likeness (QED) is 0.176. The number of hydrogen-bond donors (Lipinski definition) is 2. The Bertz CT molecular complexity index is 374. The first-order chi connectivity index (χ1) is 12.7. The number of nitrogens with one attached hydrogen (secondary N) is 1. The molecule has 152 valence electrons. The predicted octanol–water partition coefficient (Wildman–Crippen LogP) is 6.08. The number of unbranched alkanes of at least 4 members (excludes halogenated alkanes) is 12. The van der Waals surface area contributed by atoms with Gasteiger partial charge in [0.25, 0.3) is 0 Å². The molecule has 0 aromatic heterocycles. The van der Waals surface area contributed by atoms with Gasteiger partial charge < -0.3 is 10.4 Å². The van der Waals surface area contributed by atoms with Crippen molar-refractivity contribution in [2.24, 2.45) is 0 Å². The standard InChI is InChI=1S/C23H43NO2/c1-3-4-5-6-7-8-9-10-11-12-13-14-15-16-17-18-19-22(2)23(26)24-20-21-25/h15-16,19,25H,3-14,17-18,20-21H2,1-2H3,(H,24,26)/b16-15+,22-19+. The molecule has 0 bridgehead atoms. The molecule has 2 N–H and O–H groups in total. The largest absolute Gasteiger partial charge is 0.395 e. The molecule has 0 aliphatic rings. The number of aliphatic hydroxyl groups is 1. The smallest absolute Gasteiger partial charge is 0.246 e. The third-order valence-corrected chi connectivity index (χ3v) is 4.68. The predicted molar refractivity (Wildman–Crippen MR) is 113 cm³/mol. The van der Waals surface area contributed by atoms with Crippen molar-refractivity contribution in [2.45, 2.75) is 104 Å². The highest BCUT2D eigenvalue weighted by atomic mass is 16.3. The van der Waals surface area contributed by atoms with Gasteiger partial charge in [-0.3, -0.25) is 4.79 Å². The molecule has 0 radical (unpaired) electrons. The molecule has 0 unspecified atom stereocenters. The average molecular weight is 366 g/mol. The zero-order chi connectivity index (χ0) is 19.3. The van der Waals surface area contributed by atoms with Gasteiger partial charge >= 0.3 is 0 Å². The Morgan fingerprint density at radius 1 is 0.808 bits per heavy atom. The lowest BCUT2D eigenvalue weighted by atomic mass is 10.1. The van der Waals surface area contributed by atoms with Crippen molar-refractivity contribution in [2.75, 3.05) is 13.2 Å². The fraction of sp³-hybridized carbons (Fsp3) is 0.783. The summed E-state index contributed by atoms with van der Waals surface area (Å²) < 4.78 is 0. The van der Waals surface area contributed by atoms with Crippen LogP contribution in [0.3, 0.4) is 0 Å². The fourth-order valence-electron chi connectivity index (χ4n) is 2.96. The lowest BCUT2D eigenvalue weighted by Crippen LogP contribution is -2.26. The van der Waals surface area contributed by atoms with E-state index in [1.807, 2.05) is 13.0 Å². The number of hydrogen-bond acceptors (Lipinski definition) is 2. The highest BCUT2D eigenvalue weighted by Crippen LogP contribution is 2.12. The number of carbonyl (C=O) groups excluding carboxylic acids is 1. The van der Waals surface area contributed by atoms with Gasteiger partial charge in [0, 0.05) is 12.1 Å². The molecule has 0 saturated heterocycles. The van der Waals surface area contributed by atoms with Crippen LogP contribution in [0.2, 0.25) is 0 Å². The van der Waals surface area contributed by atoms with Crippen molar-refractivity contribution in [1.82, 2.24) is 5.32 Å². The van der Waals surface area contributed by atoms with Crippen molar-refractivity contribution in [3.63, 3.8) is 0 Å². The summed E-state index contributed by atoms with van der Waals surface area (Å²) in [5.74, 6) is -0.0796. The number of amides is 1. The van der Waals surface area contributed by atoms with Gasteiger partial charge in [-0.2, -0.15) is 0 Å². The van der Waals surface area contributed by atoms with E-state index in [-0.39, 0.29) is 12.5 Å². The summed E-state index contributed by atoms with van der Waals surface area (Å²) in [6, 6.07) is 0. The zero-order valence-corrected chi connectivity index (χ0v) is 17.4. The summed E-state index contributed by atoms with van der Waals surface area (Å²) in [5.41, 5.74) is 0.734. The van der Waals surface area contributed by atoms with Crippen molar-refractivity contribution in [3.8, 4) is 0 Å². The van der Waals surface area contributed by atoms with Gasteiger partial charge in [0.15, 0.2) is 0 Å². The van der Waals surface area contributed by atoms with Gasteiger partial charge in [-0.1, -0.05) is 89.4 Å². The molecule has 3 heteroatoms. The van der Waals surface area contributed by atoms with E-state index in [9.17, 15) is 4.79 Å². The van der Waals surface area contributed by atoms with E-state index in [4.69, 9.17) is 5.11 Å². The highest BCUT2D eigenvalue weighted by molar-refractivity contribution is 5.92. The van der Waals surface area contributed by atoms with Crippen LogP contribution in [0.25, 0.3) is 0 Å². The second kappa shape index (κ2) is 20.2. The Labute approximate surface area is 162 Å². The van der Waals surface area contributed by atoms with E-state index >= 15 is 0 Å². The van der Waals surface area contributed by atoms with Crippen LogP contribution in [0.4, 0.5) is 0 Å². The van der Waals surface area contributed by atoms with Gasteiger partial charge in [-0.05, 0) is 32.6 Å². The lowest BCUT2D eigenvalue weighted by Gasteiger charge is -2.02. The topological polar surface area (TPSA) is 49.3 Å². The van der Waals surface area contributed by atoms with Crippen LogP contribution in [0.1, 0.15) is 104 Å². The molecule has 0 saturated carbocycles. The number of aliphatic hydroxyl groups excluding tert-OH is 1. The Kier molecular flexibility index (Phi) is 19.4. The maximum Gasteiger partial charge on any atom is 0.246 e. The molecule has 0 aromatic carbocycles. The summed E-state index contributed by atoms with van der Waals surface area (Å²) in [6.45, 7) is 4.40. The Hall–Kier alpha value is -1.09. The molecule has 0 aliphatic carbocycles. The Morgan fingerprint density at radius 3 is 1.92 bits per heavy atom. The normalized spacial score (nSPS) is 12.0. The Morgan fingerprint density at radius 2 is 1.35 bits per heavy atom. The maximum absolute atomic E-state index is 11.6. The van der Waals surface area contributed by atoms with Crippen molar-refractivity contribution >= 4 is 5.91 Å². The minimum absolute atomic E-state index is 0.0131. The lowest BCUT2D eigenvalue weighted by molar-refractivity contribution is -0.117. The highest BCUT2D eigenvalue weighted by Gasteiger charge is 2.01. The maximum atomic E-state index is 11.6. The molecular weight excluding hydrogens is 322 g/mol. The van der Waals surface area contributed by atoms with Gasteiger partial charge in [-0.25, -0.2) is 0 Å². The van der Waals surface area contributed by atoms with Crippen LogP contribution in [0.15, 0.2) is 23.8 Å². The average Bonchev–Trinajstić information content (AvgIpc) is 2.65. The van der Waals surface area contributed by atoms with E-state index in [0.29, 0.717) is 6.54 Å². The van der Waals surface area contributed by atoms with Crippen LogP contribution < -0.4 is 5.32 Å². The molecule has 0 heterocycles. The summed E-state index contributed by atoms with van der Waals surface area (Å²) in [5, 5.41) is 11.3. The summed E-state index contributed by atoms with van der Waals surface area (Å²) in [7, 11) is 0. The molecule has 0 rings (SSSR count). The third-order valence-electron chi connectivity index (χ3n) is 4.68.